The number of carbonyl (C=O) groups is 3. The summed E-state index contributed by atoms with van der Waals surface area (Å²) in [6, 6.07) is 9.24. The molecule has 3 amide bonds. The second-order valence-corrected chi connectivity index (χ2v) is 9.70. The molecule has 0 bridgehead atoms. The van der Waals surface area contributed by atoms with Crippen LogP contribution in [0.5, 0.6) is 0 Å². The first kappa shape index (κ1) is 24.2. The van der Waals surface area contributed by atoms with E-state index in [0.717, 1.165) is 16.7 Å². The number of likely N-dealkylation sites (tertiary alicyclic amines) is 1. The highest BCUT2D eigenvalue weighted by atomic mass is 19.4. The number of aromatic nitrogens is 1. The van der Waals surface area contributed by atoms with Gasteiger partial charge in [-0.15, -0.1) is 0 Å². The molecule has 2 aromatic rings. The molecular weight excluding hydrogens is 475 g/mol. The molecule has 1 unspecified atom stereocenters. The first-order valence-corrected chi connectivity index (χ1v) is 11.9. The highest BCUT2D eigenvalue weighted by molar-refractivity contribution is 6.06. The second-order valence-electron chi connectivity index (χ2n) is 9.70. The smallest absolute Gasteiger partial charge is 0.347 e. The average molecular weight is 502 g/mol. The maximum Gasteiger partial charge on any atom is 0.401 e. The van der Waals surface area contributed by atoms with E-state index in [2.05, 4.69) is 20.9 Å². The average Bonchev–Trinajstić information content (AvgIpc) is 3.34. The molecule has 1 aliphatic carbocycles. The number of hydrogen-bond donors (Lipinski definition) is 3. The van der Waals surface area contributed by atoms with Gasteiger partial charge in [-0.3, -0.25) is 19.3 Å². The zero-order valence-corrected chi connectivity index (χ0v) is 19.5. The quantitative estimate of drug-likeness (QED) is 0.584. The SMILES string of the molecule is O=C(CNC(=O)C1CCN(CC(F)(F)F)CC1)Nc1ccc2c(c1)CC1(C2)C(=O)Nc2ncccc21. The Hall–Kier alpha value is -3.47. The third-order valence-electron chi connectivity index (χ3n) is 7.25. The number of carbonyl (C=O) groups excluding carboxylic acids is 3. The number of anilines is 2. The van der Waals surface area contributed by atoms with Crippen molar-refractivity contribution in [3.8, 4) is 0 Å². The number of fused-ring (bicyclic) bond motifs is 3. The predicted octanol–water partition coefficient (Wildman–Crippen LogP) is 2.40. The van der Waals surface area contributed by atoms with Crippen LogP contribution in [0.15, 0.2) is 36.5 Å². The highest BCUT2D eigenvalue weighted by Gasteiger charge is 2.51. The van der Waals surface area contributed by atoms with Crippen LogP contribution in [0.3, 0.4) is 0 Å². The summed E-state index contributed by atoms with van der Waals surface area (Å²) in [4.78, 5) is 43.2. The molecule has 2 aliphatic heterocycles. The van der Waals surface area contributed by atoms with Crippen LogP contribution in [-0.4, -0.2) is 60.0 Å². The van der Waals surface area contributed by atoms with Crippen LogP contribution in [-0.2, 0) is 32.6 Å². The summed E-state index contributed by atoms with van der Waals surface area (Å²) in [5, 5.41) is 8.23. The zero-order valence-electron chi connectivity index (χ0n) is 19.5. The van der Waals surface area contributed by atoms with Crippen LogP contribution in [0, 0.1) is 5.92 Å². The van der Waals surface area contributed by atoms with Crippen LogP contribution in [0.4, 0.5) is 24.7 Å². The van der Waals surface area contributed by atoms with Gasteiger partial charge in [-0.2, -0.15) is 13.2 Å². The number of benzene rings is 1. The molecule has 11 heteroatoms. The number of hydrogen-bond acceptors (Lipinski definition) is 5. The van der Waals surface area contributed by atoms with Gasteiger partial charge in [0.05, 0.1) is 18.5 Å². The Morgan fingerprint density at radius 1 is 1.14 bits per heavy atom. The lowest BCUT2D eigenvalue weighted by molar-refractivity contribution is -0.149. The van der Waals surface area contributed by atoms with Crippen molar-refractivity contribution in [1.29, 1.82) is 0 Å². The molecule has 8 nitrogen and oxygen atoms in total. The number of rotatable bonds is 5. The van der Waals surface area contributed by atoms with Crippen molar-refractivity contribution >= 4 is 29.2 Å². The van der Waals surface area contributed by atoms with Gasteiger partial charge in [0.25, 0.3) is 0 Å². The molecule has 3 N–H and O–H groups in total. The number of nitrogens with zero attached hydrogens (tertiary/aromatic N) is 2. The van der Waals surface area contributed by atoms with Gasteiger partial charge in [-0.05, 0) is 68.1 Å². The number of alkyl halides is 3. The van der Waals surface area contributed by atoms with E-state index < -0.39 is 30.0 Å². The van der Waals surface area contributed by atoms with Gasteiger partial charge in [-0.1, -0.05) is 12.1 Å². The summed E-state index contributed by atoms with van der Waals surface area (Å²) in [5.41, 5.74) is 2.75. The van der Waals surface area contributed by atoms with Gasteiger partial charge in [0.2, 0.25) is 17.7 Å². The minimum absolute atomic E-state index is 0.0788. The Balaban J connectivity index is 1.14. The van der Waals surface area contributed by atoms with E-state index in [4.69, 9.17) is 0 Å². The third kappa shape index (κ3) is 4.79. The van der Waals surface area contributed by atoms with Crippen molar-refractivity contribution in [2.45, 2.75) is 37.3 Å². The molecule has 5 rings (SSSR count). The normalized spacial score (nSPS) is 21.7. The van der Waals surface area contributed by atoms with Crippen LogP contribution in [0.1, 0.15) is 29.5 Å². The van der Waals surface area contributed by atoms with Crippen LogP contribution < -0.4 is 16.0 Å². The Labute approximate surface area is 205 Å². The fourth-order valence-electron chi connectivity index (χ4n) is 5.47. The molecule has 1 saturated heterocycles. The molecule has 36 heavy (non-hydrogen) atoms. The molecule has 0 saturated carbocycles. The van der Waals surface area contributed by atoms with Gasteiger partial charge in [0.1, 0.15) is 5.82 Å². The first-order valence-electron chi connectivity index (χ1n) is 11.9. The molecule has 3 aliphatic rings. The predicted molar refractivity (Wildman–Crippen MR) is 125 cm³/mol. The second kappa shape index (κ2) is 9.20. The zero-order chi connectivity index (χ0) is 25.5. The van der Waals surface area contributed by atoms with Crippen LogP contribution in [0.25, 0.3) is 0 Å². The Morgan fingerprint density at radius 3 is 2.64 bits per heavy atom. The number of nitrogens with one attached hydrogen (secondary N) is 3. The van der Waals surface area contributed by atoms with E-state index >= 15 is 0 Å². The third-order valence-corrected chi connectivity index (χ3v) is 7.25. The van der Waals surface area contributed by atoms with Gasteiger partial charge in [-0.25, -0.2) is 4.98 Å². The summed E-state index contributed by atoms with van der Waals surface area (Å²) in [6.45, 7) is -0.818. The summed E-state index contributed by atoms with van der Waals surface area (Å²) in [5.74, 6) is -0.630. The van der Waals surface area contributed by atoms with E-state index in [-0.39, 0.29) is 31.4 Å². The number of halogens is 3. The topological polar surface area (TPSA) is 103 Å². The molecule has 1 aromatic carbocycles. The standard InChI is InChI=1S/C25H26F3N5O3/c26-25(27,28)14-33-8-5-15(6-9-33)22(35)30-13-20(34)31-18-4-3-16-11-24(12-17(16)10-18)19-2-1-7-29-21(19)32-23(24)36/h1-4,7,10,15H,5-6,8-9,11-14H2,(H,30,35)(H,31,34)(H,29,32,36). The lowest BCUT2D eigenvalue weighted by Crippen LogP contribution is -2.44. The fourth-order valence-corrected chi connectivity index (χ4v) is 5.47. The van der Waals surface area contributed by atoms with Crippen molar-refractivity contribution in [2.24, 2.45) is 5.92 Å². The van der Waals surface area contributed by atoms with Gasteiger partial charge in [0, 0.05) is 23.4 Å². The molecule has 1 spiro atoms. The van der Waals surface area contributed by atoms with Crippen LogP contribution >= 0.6 is 0 Å². The largest absolute Gasteiger partial charge is 0.401 e. The van der Waals surface area contributed by atoms with E-state index in [1.807, 2.05) is 24.3 Å². The molecular formula is C25H26F3N5O3. The summed E-state index contributed by atoms with van der Waals surface area (Å²) in [7, 11) is 0. The minimum atomic E-state index is -4.25. The monoisotopic (exact) mass is 501 g/mol. The lowest BCUT2D eigenvalue weighted by atomic mass is 9.79. The highest BCUT2D eigenvalue weighted by Crippen LogP contribution is 2.46. The number of piperidine rings is 1. The Morgan fingerprint density at radius 2 is 1.89 bits per heavy atom. The van der Waals surface area contributed by atoms with Crippen molar-refractivity contribution in [3.05, 3.63) is 53.2 Å². The maximum absolute atomic E-state index is 12.8. The molecule has 0 radical (unpaired) electrons. The van der Waals surface area contributed by atoms with E-state index in [0.29, 0.717) is 37.2 Å². The lowest BCUT2D eigenvalue weighted by Gasteiger charge is -2.31. The number of pyridine rings is 1. The van der Waals surface area contributed by atoms with Crippen LogP contribution in [0.2, 0.25) is 0 Å². The summed E-state index contributed by atoms with van der Waals surface area (Å²) in [6.07, 6.45) is -0.913. The maximum atomic E-state index is 12.8. The van der Waals surface area contributed by atoms with Crippen molar-refractivity contribution in [2.75, 3.05) is 36.8 Å². The van der Waals surface area contributed by atoms with E-state index in [1.54, 1.807) is 12.3 Å². The molecule has 190 valence electrons. The van der Waals surface area contributed by atoms with E-state index in [9.17, 15) is 27.6 Å². The van der Waals surface area contributed by atoms with Crippen molar-refractivity contribution in [1.82, 2.24) is 15.2 Å². The van der Waals surface area contributed by atoms with Gasteiger partial charge >= 0.3 is 6.18 Å². The van der Waals surface area contributed by atoms with Crippen molar-refractivity contribution in [3.63, 3.8) is 0 Å². The van der Waals surface area contributed by atoms with Gasteiger partial charge in [0.15, 0.2) is 0 Å². The Kier molecular flexibility index (Phi) is 6.19. The van der Waals surface area contributed by atoms with E-state index in [1.165, 1.54) is 4.90 Å². The Bertz CT molecular complexity index is 1210. The minimum Gasteiger partial charge on any atom is -0.347 e. The van der Waals surface area contributed by atoms with Crippen molar-refractivity contribution < 1.29 is 27.6 Å². The fraction of sp³-hybridized carbons (Fsp3) is 0.440. The molecule has 3 heterocycles. The molecule has 1 fully saturated rings. The summed E-state index contributed by atoms with van der Waals surface area (Å²) < 4.78 is 37.6. The summed E-state index contributed by atoms with van der Waals surface area (Å²) >= 11 is 0. The number of amides is 3. The first-order chi connectivity index (χ1) is 17.1. The van der Waals surface area contributed by atoms with Gasteiger partial charge < -0.3 is 16.0 Å². The molecule has 1 aromatic heterocycles. The molecule has 1 atom stereocenters.